The summed E-state index contributed by atoms with van der Waals surface area (Å²) in [6, 6.07) is 13.1. The topological polar surface area (TPSA) is 0 Å². The van der Waals surface area contributed by atoms with Gasteiger partial charge in [-0.2, -0.15) is 13.2 Å². The van der Waals surface area contributed by atoms with Gasteiger partial charge in [-0.05, 0) is 48.2 Å². The Labute approximate surface area is 141 Å². The van der Waals surface area contributed by atoms with E-state index in [1.165, 1.54) is 17.7 Å². The number of benzene rings is 2. The average molecular weight is 328 g/mol. The molecular formula is C21H19F3. The molecule has 0 saturated carbocycles. The highest BCUT2D eigenvalue weighted by atomic mass is 19.4. The molecule has 0 atom stereocenters. The van der Waals surface area contributed by atoms with Gasteiger partial charge in [-0.3, -0.25) is 0 Å². The van der Waals surface area contributed by atoms with Crippen LogP contribution in [0.15, 0.2) is 54.6 Å². The Kier molecular flexibility index (Phi) is 5.51. The predicted molar refractivity (Wildman–Crippen MR) is 92.5 cm³/mol. The molecule has 0 unspecified atom stereocenters. The Morgan fingerprint density at radius 2 is 1.54 bits per heavy atom. The second-order valence-corrected chi connectivity index (χ2v) is 5.80. The number of alkyl halides is 3. The average Bonchev–Trinajstić information content (AvgIpc) is 2.55. The fourth-order valence-electron chi connectivity index (χ4n) is 2.24. The number of hydrogen-bond acceptors (Lipinski definition) is 0. The fraction of sp³-hybridized carbons (Fsp3) is 0.238. The van der Waals surface area contributed by atoms with E-state index in [0.29, 0.717) is 17.1 Å². The first kappa shape index (κ1) is 17.9. The Morgan fingerprint density at radius 3 is 2.00 bits per heavy atom. The lowest BCUT2D eigenvalue weighted by molar-refractivity contribution is -0.137. The second kappa shape index (κ2) is 7.40. The SMILES string of the molecule is CC=C(C#Cc1ccc(C(C)C)cc1)c1ccc(C(F)(F)F)cc1. The van der Waals surface area contributed by atoms with Crippen LogP contribution in [-0.2, 0) is 6.18 Å². The molecule has 2 aromatic carbocycles. The van der Waals surface area contributed by atoms with Crippen LogP contribution in [0.2, 0.25) is 0 Å². The highest BCUT2D eigenvalue weighted by Gasteiger charge is 2.29. The molecule has 0 heterocycles. The van der Waals surface area contributed by atoms with Crippen LogP contribution >= 0.6 is 0 Å². The van der Waals surface area contributed by atoms with Gasteiger partial charge in [-0.1, -0.05) is 56.0 Å². The van der Waals surface area contributed by atoms with Crippen LogP contribution in [0.1, 0.15) is 48.9 Å². The van der Waals surface area contributed by atoms with Crippen molar-refractivity contribution in [1.82, 2.24) is 0 Å². The molecule has 0 aliphatic carbocycles. The van der Waals surface area contributed by atoms with Crippen LogP contribution in [0.25, 0.3) is 5.57 Å². The molecule has 0 bridgehead atoms. The van der Waals surface area contributed by atoms with E-state index in [1.807, 2.05) is 31.2 Å². The van der Waals surface area contributed by atoms with Gasteiger partial charge < -0.3 is 0 Å². The van der Waals surface area contributed by atoms with E-state index in [0.717, 1.165) is 17.7 Å². The number of hydrogen-bond donors (Lipinski definition) is 0. The summed E-state index contributed by atoms with van der Waals surface area (Å²) >= 11 is 0. The third kappa shape index (κ3) is 4.52. The van der Waals surface area contributed by atoms with Crippen LogP contribution in [0.4, 0.5) is 13.2 Å². The van der Waals surface area contributed by atoms with Gasteiger partial charge in [0.05, 0.1) is 5.56 Å². The van der Waals surface area contributed by atoms with Crippen molar-refractivity contribution in [3.63, 3.8) is 0 Å². The number of rotatable bonds is 2. The van der Waals surface area contributed by atoms with E-state index >= 15 is 0 Å². The van der Waals surface area contributed by atoms with E-state index in [1.54, 1.807) is 6.08 Å². The molecule has 0 nitrogen and oxygen atoms in total. The van der Waals surface area contributed by atoms with Crippen molar-refractivity contribution in [3.8, 4) is 11.8 Å². The molecular weight excluding hydrogens is 309 g/mol. The normalized spacial score (nSPS) is 12.0. The Morgan fingerprint density at radius 1 is 0.958 bits per heavy atom. The monoisotopic (exact) mass is 328 g/mol. The Hall–Kier alpha value is -2.47. The van der Waals surface area contributed by atoms with Crippen molar-refractivity contribution in [2.24, 2.45) is 0 Å². The van der Waals surface area contributed by atoms with Gasteiger partial charge in [0, 0.05) is 11.1 Å². The van der Waals surface area contributed by atoms with Crippen molar-refractivity contribution >= 4 is 5.57 Å². The highest BCUT2D eigenvalue weighted by Crippen LogP contribution is 2.30. The third-order valence-corrected chi connectivity index (χ3v) is 3.73. The van der Waals surface area contributed by atoms with E-state index < -0.39 is 11.7 Å². The van der Waals surface area contributed by atoms with Gasteiger partial charge in [0.15, 0.2) is 0 Å². The van der Waals surface area contributed by atoms with E-state index in [2.05, 4.69) is 25.7 Å². The summed E-state index contributed by atoms with van der Waals surface area (Å²) in [7, 11) is 0. The Bertz CT molecular complexity index is 765. The summed E-state index contributed by atoms with van der Waals surface area (Å²) in [5, 5.41) is 0. The molecule has 0 aromatic heterocycles. The zero-order valence-electron chi connectivity index (χ0n) is 13.9. The first-order valence-electron chi connectivity index (χ1n) is 7.77. The molecule has 0 fully saturated rings. The predicted octanol–water partition coefficient (Wildman–Crippen LogP) is 6.28. The second-order valence-electron chi connectivity index (χ2n) is 5.80. The molecule has 0 aliphatic rings. The summed E-state index contributed by atoms with van der Waals surface area (Å²) in [6.07, 6.45) is -2.52. The summed E-state index contributed by atoms with van der Waals surface area (Å²) in [6.45, 7) is 6.08. The lowest BCUT2D eigenvalue weighted by Gasteiger charge is -2.07. The first-order chi connectivity index (χ1) is 11.3. The van der Waals surface area contributed by atoms with Crippen LogP contribution in [0.5, 0.6) is 0 Å². The summed E-state index contributed by atoms with van der Waals surface area (Å²) in [4.78, 5) is 0. The quantitative estimate of drug-likeness (QED) is 0.569. The molecule has 0 N–H and O–H groups in total. The van der Waals surface area contributed by atoms with Gasteiger partial charge in [-0.15, -0.1) is 0 Å². The highest BCUT2D eigenvalue weighted by molar-refractivity contribution is 5.79. The van der Waals surface area contributed by atoms with Gasteiger partial charge in [0.1, 0.15) is 0 Å². The van der Waals surface area contributed by atoms with Crippen LogP contribution < -0.4 is 0 Å². The van der Waals surface area contributed by atoms with E-state index in [4.69, 9.17) is 0 Å². The molecule has 3 heteroatoms. The first-order valence-corrected chi connectivity index (χ1v) is 7.77. The number of allylic oxidation sites excluding steroid dienone is 2. The van der Waals surface area contributed by atoms with E-state index in [-0.39, 0.29) is 0 Å². The molecule has 0 saturated heterocycles. The lowest BCUT2D eigenvalue weighted by Crippen LogP contribution is -2.04. The van der Waals surface area contributed by atoms with Crippen LogP contribution in [0, 0.1) is 11.8 Å². The van der Waals surface area contributed by atoms with Crippen molar-refractivity contribution in [1.29, 1.82) is 0 Å². The molecule has 24 heavy (non-hydrogen) atoms. The molecule has 124 valence electrons. The molecule has 0 radical (unpaired) electrons. The number of halogens is 3. The third-order valence-electron chi connectivity index (χ3n) is 3.73. The summed E-state index contributed by atoms with van der Waals surface area (Å²) in [5.74, 6) is 6.57. The maximum absolute atomic E-state index is 12.6. The largest absolute Gasteiger partial charge is 0.416 e. The van der Waals surface area contributed by atoms with E-state index in [9.17, 15) is 13.2 Å². The maximum Gasteiger partial charge on any atom is 0.416 e. The molecule has 0 amide bonds. The molecule has 2 aromatic rings. The van der Waals surface area contributed by atoms with Gasteiger partial charge >= 0.3 is 6.18 Å². The zero-order valence-corrected chi connectivity index (χ0v) is 13.9. The Balaban J connectivity index is 2.22. The minimum absolute atomic E-state index is 0.463. The van der Waals surface area contributed by atoms with Crippen molar-refractivity contribution in [3.05, 3.63) is 76.9 Å². The van der Waals surface area contributed by atoms with Crippen molar-refractivity contribution in [2.75, 3.05) is 0 Å². The zero-order chi connectivity index (χ0) is 17.7. The fourth-order valence-corrected chi connectivity index (χ4v) is 2.24. The van der Waals surface area contributed by atoms with Gasteiger partial charge in [-0.25, -0.2) is 0 Å². The summed E-state index contributed by atoms with van der Waals surface area (Å²) in [5.41, 5.74) is 2.85. The van der Waals surface area contributed by atoms with Crippen molar-refractivity contribution in [2.45, 2.75) is 32.9 Å². The summed E-state index contributed by atoms with van der Waals surface area (Å²) < 4.78 is 37.9. The smallest absolute Gasteiger partial charge is 0.166 e. The van der Waals surface area contributed by atoms with Crippen LogP contribution in [0.3, 0.4) is 0 Å². The lowest BCUT2D eigenvalue weighted by atomic mass is 10.0. The van der Waals surface area contributed by atoms with Crippen molar-refractivity contribution < 1.29 is 13.2 Å². The molecule has 0 spiro atoms. The van der Waals surface area contributed by atoms with Gasteiger partial charge in [0.25, 0.3) is 0 Å². The molecule has 2 rings (SSSR count). The van der Waals surface area contributed by atoms with Gasteiger partial charge in [0.2, 0.25) is 0 Å². The minimum atomic E-state index is -4.32. The minimum Gasteiger partial charge on any atom is -0.166 e. The molecule has 0 aliphatic heterocycles. The standard InChI is InChI=1S/C21H19F3/c1-4-17(19-11-13-20(14-12-19)21(22,23)24)8-5-16-6-9-18(10-7-16)15(2)3/h4,6-7,9-15H,1-3H3. The van der Waals surface area contributed by atoms with Crippen LogP contribution in [-0.4, -0.2) is 0 Å². The maximum atomic E-state index is 12.6.